The van der Waals surface area contributed by atoms with E-state index in [0.717, 1.165) is 43.6 Å². The summed E-state index contributed by atoms with van der Waals surface area (Å²) in [7, 11) is 0. The highest BCUT2D eigenvalue weighted by atomic mass is 125. The van der Waals surface area contributed by atoms with Crippen molar-refractivity contribution in [2.24, 2.45) is 5.92 Å². The highest BCUT2D eigenvalue weighted by Gasteiger charge is 2.09. The summed E-state index contributed by atoms with van der Waals surface area (Å²) in [5, 5.41) is 12.0. The Morgan fingerprint density at radius 2 is 2.00 bits per heavy atom. The predicted octanol–water partition coefficient (Wildman–Crippen LogP) is 4.03. The summed E-state index contributed by atoms with van der Waals surface area (Å²) in [5.41, 5.74) is 1.30. The van der Waals surface area contributed by atoms with Crippen LogP contribution in [0.3, 0.4) is 0 Å². The van der Waals surface area contributed by atoms with E-state index >= 15 is 0 Å². The lowest BCUT2D eigenvalue weighted by Crippen LogP contribution is -2.23. The molecule has 21 heavy (non-hydrogen) atoms. The second-order valence-electron chi connectivity index (χ2n) is 5.21. The van der Waals surface area contributed by atoms with Gasteiger partial charge in [0.1, 0.15) is 0 Å². The summed E-state index contributed by atoms with van der Waals surface area (Å²) >= 11 is 7.61. The first-order valence-electron chi connectivity index (χ1n) is 7.23. The van der Waals surface area contributed by atoms with Crippen LogP contribution in [0.1, 0.15) is 38.2 Å². The number of hydrogen-bond donors (Lipinski definition) is 2. The molecule has 0 saturated carbocycles. The van der Waals surface area contributed by atoms with Gasteiger partial charge in [-0.15, -0.1) is 0 Å². The molecule has 0 aliphatic heterocycles. The molecule has 0 spiro atoms. The molecule has 3 nitrogen and oxygen atoms in total. The molecule has 1 aromatic carbocycles. The minimum absolute atomic E-state index is 0.252. The van der Waals surface area contributed by atoms with Crippen LogP contribution in [0, 0.1) is 9.49 Å². The van der Waals surface area contributed by atoms with Gasteiger partial charge in [-0.05, 0) is 59.5 Å². The SMILES string of the molecule is C[C@@H](CCCCNC(=S)CCc1ccc([125I])cc1)C(=O)O. The third kappa shape index (κ3) is 8.36. The van der Waals surface area contributed by atoms with Gasteiger partial charge in [-0.3, -0.25) is 4.79 Å². The second-order valence-corrected chi connectivity index (χ2v) is 6.95. The molecule has 0 saturated heterocycles. The lowest BCUT2D eigenvalue weighted by Gasteiger charge is -2.09. The van der Waals surface area contributed by atoms with E-state index in [1.54, 1.807) is 6.92 Å². The molecule has 0 amide bonds. The molecule has 0 aliphatic carbocycles. The van der Waals surface area contributed by atoms with E-state index in [1.807, 2.05) is 0 Å². The number of hydrogen-bond acceptors (Lipinski definition) is 2. The van der Waals surface area contributed by atoms with Crippen molar-refractivity contribution in [1.82, 2.24) is 5.32 Å². The summed E-state index contributed by atoms with van der Waals surface area (Å²) in [6, 6.07) is 8.49. The summed E-state index contributed by atoms with van der Waals surface area (Å²) in [6.45, 7) is 2.58. The van der Waals surface area contributed by atoms with Crippen LogP contribution in [0.5, 0.6) is 0 Å². The van der Waals surface area contributed by atoms with E-state index < -0.39 is 5.97 Å². The fourth-order valence-electron chi connectivity index (χ4n) is 1.92. The topological polar surface area (TPSA) is 49.3 Å². The maximum absolute atomic E-state index is 10.7. The number of benzene rings is 1. The van der Waals surface area contributed by atoms with Crippen molar-refractivity contribution in [3.05, 3.63) is 33.4 Å². The zero-order valence-electron chi connectivity index (χ0n) is 12.3. The van der Waals surface area contributed by atoms with Crippen LogP contribution in [0.15, 0.2) is 24.3 Å². The van der Waals surface area contributed by atoms with Crippen LogP contribution in [0.25, 0.3) is 0 Å². The highest BCUT2D eigenvalue weighted by molar-refractivity contribution is 14.1. The van der Waals surface area contributed by atoms with E-state index in [1.165, 1.54) is 9.13 Å². The van der Waals surface area contributed by atoms with E-state index in [2.05, 4.69) is 52.2 Å². The van der Waals surface area contributed by atoms with Crippen LogP contribution in [0.2, 0.25) is 0 Å². The molecule has 5 heteroatoms. The first-order chi connectivity index (χ1) is 9.99. The average Bonchev–Trinajstić information content (AvgIpc) is 2.46. The summed E-state index contributed by atoms with van der Waals surface area (Å²) in [5.74, 6) is -0.964. The van der Waals surface area contributed by atoms with Crippen LogP contribution in [-0.2, 0) is 11.2 Å². The molecular formula is C16H22INO2S. The number of nitrogens with one attached hydrogen (secondary N) is 1. The van der Waals surface area contributed by atoms with Gasteiger partial charge in [0.25, 0.3) is 0 Å². The first kappa shape index (κ1) is 18.4. The van der Waals surface area contributed by atoms with Crippen molar-refractivity contribution >= 4 is 45.8 Å². The molecular weight excluding hydrogens is 395 g/mol. The summed E-state index contributed by atoms with van der Waals surface area (Å²) in [4.78, 5) is 11.6. The van der Waals surface area contributed by atoms with Gasteiger partial charge in [-0.1, -0.05) is 37.7 Å². The van der Waals surface area contributed by atoms with Crippen LogP contribution < -0.4 is 5.32 Å². The third-order valence-electron chi connectivity index (χ3n) is 3.36. The van der Waals surface area contributed by atoms with Crippen LogP contribution in [-0.4, -0.2) is 22.6 Å². The number of carbonyl (C=O) groups is 1. The molecule has 0 heterocycles. The number of aliphatic carboxylic acids is 1. The van der Waals surface area contributed by atoms with Gasteiger partial charge in [0.2, 0.25) is 0 Å². The Bertz CT molecular complexity index is 462. The number of unbranched alkanes of at least 4 members (excludes halogenated alkanes) is 1. The Kier molecular flexibility index (Phi) is 8.84. The van der Waals surface area contributed by atoms with E-state index in [4.69, 9.17) is 17.3 Å². The second kappa shape index (κ2) is 10.1. The number of halogens is 1. The molecule has 1 aromatic rings. The Hall–Kier alpha value is -0.690. The van der Waals surface area contributed by atoms with Crippen molar-refractivity contribution in [2.75, 3.05) is 6.54 Å². The van der Waals surface area contributed by atoms with Gasteiger partial charge in [0.15, 0.2) is 0 Å². The molecule has 0 fully saturated rings. The smallest absolute Gasteiger partial charge is 0.306 e. The third-order valence-corrected chi connectivity index (χ3v) is 4.43. The number of aryl methyl sites for hydroxylation is 1. The van der Waals surface area contributed by atoms with Gasteiger partial charge in [0.05, 0.1) is 10.9 Å². The summed E-state index contributed by atoms with van der Waals surface area (Å²) < 4.78 is 1.24. The van der Waals surface area contributed by atoms with Crippen LogP contribution >= 0.6 is 34.8 Å². The quantitative estimate of drug-likeness (QED) is 0.362. The molecule has 2 N–H and O–H groups in total. The average molecular weight is 417 g/mol. The van der Waals surface area contributed by atoms with Crippen molar-refractivity contribution in [3.63, 3.8) is 0 Å². The molecule has 116 valence electrons. The fourth-order valence-corrected chi connectivity index (χ4v) is 2.49. The number of thiocarbonyl (C=S) groups is 1. The monoisotopic (exact) mass is 417 g/mol. The molecule has 0 bridgehead atoms. The van der Waals surface area contributed by atoms with Crippen molar-refractivity contribution in [1.29, 1.82) is 0 Å². The van der Waals surface area contributed by atoms with Gasteiger partial charge in [-0.2, -0.15) is 0 Å². The lowest BCUT2D eigenvalue weighted by atomic mass is 10.0. The standard InChI is InChI=1S/C16H22INO2S/c1-12(16(19)20)4-2-3-11-18-15(21)10-7-13-5-8-14(17)9-6-13/h5-6,8-9,12H,2-4,7,10-11H2,1H3,(H,18,21)(H,19,20)/t12-/m0/s1/i17-2. The normalized spacial score (nSPS) is 11.9. The van der Waals surface area contributed by atoms with Crippen molar-refractivity contribution < 1.29 is 9.90 Å². The van der Waals surface area contributed by atoms with Gasteiger partial charge >= 0.3 is 5.97 Å². The fraction of sp³-hybridized carbons (Fsp3) is 0.500. The van der Waals surface area contributed by atoms with Crippen molar-refractivity contribution in [3.8, 4) is 0 Å². The van der Waals surface area contributed by atoms with Gasteiger partial charge < -0.3 is 10.4 Å². The molecule has 0 aromatic heterocycles. The number of carboxylic acids is 1. The minimum atomic E-state index is -0.712. The number of carboxylic acid groups (broad SMARTS) is 1. The Labute approximate surface area is 145 Å². The first-order valence-corrected chi connectivity index (χ1v) is 8.71. The Morgan fingerprint density at radius 3 is 2.62 bits per heavy atom. The van der Waals surface area contributed by atoms with E-state index in [9.17, 15) is 4.79 Å². The Balaban J connectivity index is 2.09. The zero-order valence-corrected chi connectivity index (χ0v) is 15.2. The molecule has 1 rings (SSSR count). The maximum Gasteiger partial charge on any atom is 0.306 e. The Morgan fingerprint density at radius 1 is 1.33 bits per heavy atom. The molecule has 0 unspecified atom stereocenters. The number of rotatable bonds is 9. The maximum atomic E-state index is 10.7. The molecule has 0 aliphatic rings. The van der Waals surface area contributed by atoms with Crippen LogP contribution in [0.4, 0.5) is 0 Å². The van der Waals surface area contributed by atoms with Gasteiger partial charge in [0, 0.05) is 16.5 Å². The van der Waals surface area contributed by atoms with E-state index in [-0.39, 0.29) is 5.92 Å². The van der Waals surface area contributed by atoms with Crippen molar-refractivity contribution in [2.45, 2.75) is 39.0 Å². The summed E-state index contributed by atoms with van der Waals surface area (Å²) in [6.07, 6.45) is 4.42. The predicted molar refractivity (Wildman–Crippen MR) is 98.7 cm³/mol. The van der Waals surface area contributed by atoms with E-state index in [0.29, 0.717) is 0 Å². The van der Waals surface area contributed by atoms with Gasteiger partial charge in [-0.25, -0.2) is 0 Å². The molecule has 1 atom stereocenters. The largest absolute Gasteiger partial charge is 0.481 e. The highest BCUT2D eigenvalue weighted by Crippen LogP contribution is 2.09. The lowest BCUT2D eigenvalue weighted by molar-refractivity contribution is -0.141. The minimum Gasteiger partial charge on any atom is -0.481 e. The molecule has 0 radical (unpaired) electrons. The zero-order chi connectivity index (χ0) is 15.7.